The minimum Gasteiger partial charge on any atom is -0.392 e. The Bertz CT molecular complexity index is 549. The maximum Gasteiger partial charge on any atom is 0.242 e. The fraction of sp³-hybridized carbons (Fsp3) is 0.500. The van der Waals surface area contributed by atoms with Crippen molar-refractivity contribution in [1.82, 2.24) is 4.72 Å². The van der Waals surface area contributed by atoms with Crippen molar-refractivity contribution in [3.8, 4) is 0 Å². The van der Waals surface area contributed by atoms with Gasteiger partial charge in [-0.15, -0.1) is 0 Å². The number of benzene rings is 1. The third kappa shape index (κ3) is 4.87. The van der Waals surface area contributed by atoms with Gasteiger partial charge in [-0.1, -0.05) is 23.2 Å². The SMILES string of the molecule is CCOCCCNS(=O)(=O)c1cc(Cl)cc(CO)c1Cl. The van der Waals surface area contributed by atoms with E-state index in [1.807, 2.05) is 6.92 Å². The first-order valence-electron chi connectivity index (χ1n) is 6.08. The number of rotatable bonds is 8. The van der Waals surface area contributed by atoms with Crippen molar-refractivity contribution in [1.29, 1.82) is 0 Å². The van der Waals surface area contributed by atoms with Crippen LogP contribution in [0.1, 0.15) is 18.9 Å². The molecule has 0 bridgehead atoms. The number of sulfonamides is 1. The molecule has 20 heavy (non-hydrogen) atoms. The van der Waals surface area contributed by atoms with E-state index in [1.165, 1.54) is 12.1 Å². The summed E-state index contributed by atoms with van der Waals surface area (Å²) in [5.74, 6) is 0. The normalized spacial score (nSPS) is 11.8. The monoisotopic (exact) mass is 341 g/mol. The number of hydrogen-bond donors (Lipinski definition) is 2. The fourth-order valence-electron chi connectivity index (χ4n) is 1.53. The van der Waals surface area contributed by atoms with E-state index in [4.69, 9.17) is 33.0 Å². The first kappa shape index (κ1) is 17.7. The van der Waals surface area contributed by atoms with Crippen molar-refractivity contribution in [2.75, 3.05) is 19.8 Å². The molecule has 5 nitrogen and oxygen atoms in total. The van der Waals surface area contributed by atoms with Crippen LogP contribution >= 0.6 is 23.2 Å². The molecule has 1 aromatic rings. The molecule has 0 atom stereocenters. The summed E-state index contributed by atoms with van der Waals surface area (Å²) in [6, 6.07) is 2.69. The lowest BCUT2D eigenvalue weighted by molar-refractivity contribution is 0.146. The van der Waals surface area contributed by atoms with E-state index in [-0.39, 0.29) is 33.7 Å². The van der Waals surface area contributed by atoms with Crippen molar-refractivity contribution in [3.05, 3.63) is 27.7 Å². The summed E-state index contributed by atoms with van der Waals surface area (Å²) >= 11 is 11.8. The van der Waals surface area contributed by atoms with Gasteiger partial charge in [0.05, 0.1) is 11.6 Å². The van der Waals surface area contributed by atoms with Crippen LogP contribution in [0.25, 0.3) is 0 Å². The summed E-state index contributed by atoms with van der Waals surface area (Å²) in [7, 11) is -3.77. The molecule has 1 rings (SSSR count). The Balaban J connectivity index is 2.84. The second kappa shape index (κ2) is 8.17. The van der Waals surface area contributed by atoms with Gasteiger partial charge in [-0.2, -0.15) is 0 Å². The lowest BCUT2D eigenvalue weighted by atomic mass is 10.2. The molecule has 114 valence electrons. The Morgan fingerprint density at radius 1 is 1.35 bits per heavy atom. The Kier molecular flexibility index (Phi) is 7.22. The average Bonchev–Trinajstić information content (AvgIpc) is 2.40. The summed E-state index contributed by atoms with van der Waals surface area (Å²) in [5, 5.41) is 9.31. The Hall–Kier alpha value is -0.370. The summed E-state index contributed by atoms with van der Waals surface area (Å²) < 4.78 is 31.8. The minimum absolute atomic E-state index is 0.0193. The Labute approximate surface area is 128 Å². The second-order valence-electron chi connectivity index (χ2n) is 3.98. The summed E-state index contributed by atoms with van der Waals surface area (Å²) in [6.07, 6.45) is 0.554. The van der Waals surface area contributed by atoms with Gasteiger partial charge in [0.2, 0.25) is 10.0 Å². The van der Waals surface area contributed by atoms with Gasteiger partial charge in [-0.25, -0.2) is 13.1 Å². The predicted octanol–water partition coefficient (Wildman–Crippen LogP) is 2.19. The van der Waals surface area contributed by atoms with Gasteiger partial charge < -0.3 is 9.84 Å². The quantitative estimate of drug-likeness (QED) is 0.710. The van der Waals surface area contributed by atoms with Crippen LogP contribution in [0.4, 0.5) is 0 Å². The highest BCUT2D eigenvalue weighted by Gasteiger charge is 2.20. The van der Waals surface area contributed by atoms with Gasteiger partial charge in [0, 0.05) is 24.8 Å². The maximum absolute atomic E-state index is 12.1. The Morgan fingerprint density at radius 3 is 2.65 bits per heavy atom. The molecule has 2 N–H and O–H groups in total. The van der Waals surface area contributed by atoms with Crippen molar-refractivity contribution in [3.63, 3.8) is 0 Å². The standard InChI is InChI=1S/C12H17Cl2NO4S/c1-2-19-5-3-4-15-20(17,18)11-7-10(13)6-9(8-16)12(11)14/h6-7,15-16H,2-5,8H2,1H3. The van der Waals surface area contributed by atoms with Crippen LogP contribution in [-0.2, 0) is 21.4 Å². The van der Waals surface area contributed by atoms with Gasteiger partial charge in [-0.3, -0.25) is 0 Å². The number of aliphatic hydroxyl groups is 1. The van der Waals surface area contributed by atoms with Crippen molar-refractivity contribution >= 4 is 33.2 Å². The molecule has 0 aromatic heterocycles. The van der Waals surface area contributed by atoms with Crippen LogP contribution in [-0.4, -0.2) is 33.3 Å². The first-order chi connectivity index (χ1) is 9.42. The smallest absolute Gasteiger partial charge is 0.242 e. The number of nitrogens with one attached hydrogen (secondary N) is 1. The first-order valence-corrected chi connectivity index (χ1v) is 8.32. The van der Waals surface area contributed by atoms with E-state index >= 15 is 0 Å². The summed E-state index contributed by atoms with van der Waals surface area (Å²) in [6.45, 7) is 2.79. The zero-order chi connectivity index (χ0) is 15.2. The molecule has 0 amide bonds. The maximum atomic E-state index is 12.1. The van der Waals surface area contributed by atoms with Gasteiger partial charge in [0.25, 0.3) is 0 Å². The largest absolute Gasteiger partial charge is 0.392 e. The molecule has 0 spiro atoms. The van der Waals surface area contributed by atoms with Gasteiger partial charge >= 0.3 is 0 Å². The lowest BCUT2D eigenvalue weighted by Gasteiger charge is -2.11. The highest BCUT2D eigenvalue weighted by Crippen LogP contribution is 2.29. The lowest BCUT2D eigenvalue weighted by Crippen LogP contribution is -2.26. The fourth-order valence-corrected chi connectivity index (χ4v) is 3.53. The minimum atomic E-state index is -3.77. The van der Waals surface area contributed by atoms with Crippen LogP contribution in [0.2, 0.25) is 10.0 Å². The summed E-state index contributed by atoms with van der Waals surface area (Å²) in [4.78, 5) is -0.132. The molecule has 0 unspecified atom stereocenters. The van der Waals surface area contributed by atoms with Gasteiger partial charge in [0.15, 0.2) is 0 Å². The number of halogens is 2. The Morgan fingerprint density at radius 2 is 2.05 bits per heavy atom. The van der Waals surface area contributed by atoms with Crippen LogP contribution in [0, 0.1) is 0 Å². The van der Waals surface area contributed by atoms with E-state index in [9.17, 15) is 8.42 Å². The van der Waals surface area contributed by atoms with E-state index in [0.717, 1.165) is 0 Å². The molecule has 0 aliphatic rings. The molecule has 1 aromatic carbocycles. The van der Waals surface area contributed by atoms with Crippen molar-refractivity contribution in [2.45, 2.75) is 24.8 Å². The van der Waals surface area contributed by atoms with Gasteiger partial charge in [-0.05, 0) is 31.0 Å². The molecule has 8 heteroatoms. The van der Waals surface area contributed by atoms with Crippen LogP contribution in [0.3, 0.4) is 0 Å². The van der Waals surface area contributed by atoms with Crippen LogP contribution < -0.4 is 4.72 Å². The van der Waals surface area contributed by atoms with Crippen molar-refractivity contribution in [2.24, 2.45) is 0 Å². The topological polar surface area (TPSA) is 75.6 Å². The van der Waals surface area contributed by atoms with Crippen LogP contribution in [0.5, 0.6) is 0 Å². The average molecular weight is 342 g/mol. The number of aliphatic hydroxyl groups excluding tert-OH is 1. The molecule has 0 aliphatic carbocycles. The molecule has 0 radical (unpaired) electrons. The number of hydrogen-bond acceptors (Lipinski definition) is 4. The predicted molar refractivity (Wildman–Crippen MR) is 78.7 cm³/mol. The molecule has 0 saturated heterocycles. The van der Waals surface area contributed by atoms with E-state index in [0.29, 0.717) is 19.6 Å². The molecular weight excluding hydrogens is 325 g/mol. The van der Waals surface area contributed by atoms with Gasteiger partial charge in [0.1, 0.15) is 4.90 Å². The van der Waals surface area contributed by atoms with Crippen LogP contribution in [0.15, 0.2) is 17.0 Å². The highest BCUT2D eigenvalue weighted by molar-refractivity contribution is 7.89. The third-order valence-corrected chi connectivity index (χ3v) is 4.76. The highest BCUT2D eigenvalue weighted by atomic mass is 35.5. The molecule has 0 saturated carbocycles. The summed E-state index contributed by atoms with van der Waals surface area (Å²) in [5.41, 5.74) is 0.272. The van der Waals surface area contributed by atoms with E-state index in [1.54, 1.807) is 0 Å². The molecule has 0 fully saturated rings. The zero-order valence-corrected chi connectivity index (χ0v) is 13.4. The van der Waals surface area contributed by atoms with E-state index < -0.39 is 10.0 Å². The number of ether oxygens (including phenoxy) is 1. The van der Waals surface area contributed by atoms with E-state index in [2.05, 4.69) is 4.72 Å². The third-order valence-electron chi connectivity index (χ3n) is 2.50. The second-order valence-corrected chi connectivity index (χ2v) is 6.53. The molecular formula is C12H17Cl2NO4S. The molecule has 0 heterocycles. The van der Waals surface area contributed by atoms with Crippen molar-refractivity contribution < 1.29 is 18.3 Å². The molecule has 0 aliphatic heterocycles. The zero-order valence-electron chi connectivity index (χ0n) is 11.0.